The van der Waals surface area contributed by atoms with Gasteiger partial charge in [-0.15, -0.1) is 11.3 Å². The highest BCUT2D eigenvalue weighted by Gasteiger charge is 2.30. The summed E-state index contributed by atoms with van der Waals surface area (Å²) in [5, 5.41) is 3.64. The molecule has 3 aromatic rings. The minimum Gasteiger partial charge on any atom is -0.497 e. The molecule has 8 heteroatoms. The molecule has 1 N–H and O–H groups in total. The van der Waals surface area contributed by atoms with Crippen LogP contribution in [-0.4, -0.2) is 56.3 Å². The van der Waals surface area contributed by atoms with Crippen molar-refractivity contribution in [1.29, 1.82) is 0 Å². The van der Waals surface area contributed by atoms with Crippen LogP contribution < -0.4 is 14.8 Å². The monoisotopic (exact) mass is 495 g/mol. The van der Waals surface area contributed by atoms with Crippen LogP contribution in [0.3, 0.4) is 0 Å². The van der Waals surface area contributed by atoms with Crippen molar-refractivity contribution in [2.24, 2.45) is 0 Å². The first-order valence-corrected chi connectivity index (χ1v) is 12.7. The van der Waals surface area contributed by atoms with Crippen LogP contribution >= 0.6 is 11.3 Å². The van der Waals surface area contributed by atoms with Gasteiger partial charge in [-0.05, 0) is 41.8 Å². The van der Waals surface area contributed by atoms with Crippen LogP contribution in [0.1, 0.15) is 35.8 Å². The van der Waals surface area contributed by atoms with Crippen LogP contribution in [0.25, 0.3) is 0 Å². The topological polar surface area (TPSA) is 72.9 Å². The molecule has 0 bridgehead atoms. The van der Waals surface area contributed by atoms with E-state index < -0.39 is 0 Å². The number of hydrogen-bond donors (Lipinski definition) is 1. The highest BCUT2D eigenvalue weighted by Crippen LogP contribution is 2.38. The van der Waals surface area contributed by atoms with E-state index in [9.17, 15) is 4.79 Å². The molecule has 0 atom stereocenters. The number of nitrogens with one attached hydrogen (secondary N) is 1. The Morgan fingerprint density at radius 3 is 2.14 bits per heavy atom. The van der Waals surface area contributed by atoms with Crippen molar-refractivity contribution in [3.8, 4) is 11.5 Å². The maximum Gasteiger partial charge on any atom is 0.226 e. The second kappa shape index (κ2) is 11.7. The van der Waals surface area contributed by atoms with Gasteiger partial charge in [-0.25, -0.2) is 4.98 Å². The van der Waals surface area contributed by atoms with Gasteiger partial charge in [-0.1, -0.05) is 31.2 Å². The number of rotatable bonds is 10. The second-order valence-corrected chi connectivity index (χ2v) is 9.97. The molecule has 35 heavy (non-hydrogen) atoms. The van der Waals surface area contributed by atoms with Crippen molar-refractivity contribution in [2.45, 2.75) is 31.7 Å². The van der Waals surface area contributed by atoms with Crippen molar-refractivity contribution in [3.05, 3.63) is 70.7 Å². The number of methoxy groups -OCH3 is 2. The molecule has 7 nitrogen and oxygen atoms in total. The minimum absolute atomic E-state index is 0.0366. The minimum atomic E-state index is -0.361. The molecule has 0 aliphatic carbocycles. The Morgan fingerprint density at radius 1 is 1.03 bits per heavy atom. The number of hydrogen-bond acceptors (Lipinski definition) is 7. The fourth-order valence-electron chi connectivity index (χ4n) is 4.34. The van der Waals surface area contributed by atoms with Gasteiger partial charge in [0, 0.05) is 42.5 Å². The lowest BCUT2D eigenvalue weighted by atomic mass is 9.73. The number of carbonyl (C=O) groups excluding carboxylic acids is 1. The van der Waals surface area contributed by atoms with E-state index in [1.54, 1.807) is 14.2 Å². The summed E-state index contributed by atoms with van der Waals surface area (Å²) in [4.78, 5) is 20.8. The molecule has 0 radical (unpaired) electrons. The summed E-state index contributed by atoms with van der Waals surface area (Å²) in [6.45, 7) is 6.40. The predicted molar refractivity (Wildman–Crippen MR) is 139 cm³/mol. The largest absolute Gasteiger partial charge is 0.497 e. The van der Waals surface area contributed by atoms with Crippen LogP contribution in [-0.2, 0) is 21.5 Å². The summed E-state index contributed by atoms with van der Waals surface area (Å²) >= 11 is 1.54. The molecule has 1 fully saturated rings. The number of morpholine rings is 1. The quantitative estimate of drug-likeness (QED) is 0.439. The molecule has 186 valence electrons. The zero-order chi connectivity index (χ0) is 24.7. The van der Waals surface area contributed by atoms with E-state index in [-0.39, 0.29) is 11.3 Å². The van der Waals surface area contributed by atoms with Crippen molar-refractivity contribution in [1.82, 2.24) is 9.88 Å². The summed E-state index contributed by atoms with van der Waals surface area (Å²) in [6.07, 6.45) is 2.87. The SMILES string of the molecule is COc1ccc(C(C)(CCC(=O)Nc2ncc(CN3CCOCC3)s2)c2ccc(OC)cc2)cc1. The molecule has 1 saturated heterocycles. The zero-order valence-corrected chi connectivity index (χ0v) is 21.4. The lowest BCUT2D eigenvalue weighted by Gasteiger charge is -2.31. The summed E-state index contributed by atoms with van der Waals surface area (Å²) in [6, 6.07) is 16.1. The number of anilines is 1. The van der Waals surface area contributed by atoms with Crippen LogP contribution in [0.4, 0.5) is 5.13 Å². The first-order chi connectivity index (χ1) is 17.0. The van der Waals surface area contributed by atoms with Gasteiger partial charge in [0.15, 0.2) is 5.13 Å². The molecule has 0 unspecified atom stereocenters. The number of aromatic nitrogens is 1. The maximum atomic E-state index is 12.9. The number of amides is 1. The molecular weight excluding hydrogens is 462 g/mol. The fourth-order valence-corrected chi connectivity index (χ4v) is 5.21. The molecule has 1 aromatic heterocycles. The van der Waals surface area contributed by atoms with Gasteiger partial charge >= 0.3 is 0 Å². The van der Waals surface area contributed by atoms with Crippen molar-refractivity contribution < 1.29 is 19.0 Å². The number of carbonyl (C=O) groups is 1. The fraction of sp³-hybridized carbons (Fsp3) is 0.407. The van der Waals surface area contributed by atoms with E-state index in [2.05, 4.69) is 46.4 Å². The van der Waals surface area contributed by atoms with E-state index >= 15 is 0 Å². The van der Waals surface area contributed by atoms with Crippen molar-refractivity contribution >= 4 is 22.4 Å². The standard InChI is InChI=1S/C27H33N3O4S/c1-27(20-4-8-22(32-2)9-5-20,21-6-10-23(33-3)11-7-21)13-12-25(31)29-26-28-18-24(35-26)19-30-14-16-34-17-15-30/h4-11,18H,12-17,19H2,1-3H3,(H,28,29,31). The number of thiazole rings is 1. The number of nitrogens with zero attached hydrogens (tertiary/aromatic N) is 2. The van der Waals surface area contributed by atoms with Gasteiger partial charge in [-0.2, -0.15) is 0 Å². The maximum absolute atomic E-state index is 12.9. The average Bonchev–Trinajstić information content (AvgIpc) is 3.34. The molecule has 4 rings (SSSR count). The van der Waals surface area contributed by atoms with Crippen LogP contribution in [0.15, 0.2) is 54.7 Å². The Hall–Kier alpha value is -2.94. The van der Waals surface area contributed by atoms with Crippen molar-refractivity contribution in [3.63, 3.8) is 0 Å². The molecule has 1 aliphatic heterocycles. The Balaban J connectivity index is 1.43. The molecule has 2 aromatic carbocycles. The molecule has 0 saturated carbocycles. The summed E-state index contributed by atoms with van der Waals surface area (Å²) in [5.74, 6) is 1.57. The first-order valence-electron chi connectivity index (χ1n) is 11.8. The third-order valence-electron chi connectivity index (χ3n) is 6.59. The first kappa shape index (κ1) is 25.2. The second-order valence-electron chi connectivity index (χ2n) is 8.86. The molecule has 1 aliphatic rings. The van der Waals surface area contributed by atoms with Crippen LogP contribution in [0.2, 0.25) is 0 Å². The summed E-state index contributed by atoms with van der Waals surface area (Å²) in [7, 11) is 3.32. The van der Waals surface area contributed by atoms with E-state index in [0.717, 1.165) is 60.4 Å². The number of ether oxygens (including phenoxy) is 3. The average molecular weight is 496 g/mol. The van der Waals surface area contributed by atoms with Gasteiger partial charge in [-0.3, -0.25) is 9.69 Å². The Morgan fingerprint density at radius 2 is 1.60 bits per heavy atom. The van der Waals surface area contributed by atoms with Crippen molar-refractivity contribution in [2.75, 3.05) is 45.8 Å². The normalized spacial score (nSPS) is 14.5. The van der Waals surface area contributed by atoms with Crippen LogP contribution in [0.5, 0.6) is 11.5 Å². The zero-order valence-electron chi connectivity index (χ0n) is 20.6. The van der Waals surface area contributed by atoms with Crippen LogP contribution in [0, 0.1) is 0 Å². The van der Waals surface area contributed by atoms with Gasteiger partial charge in [0.1, 0.15) is 11.5 Å². The lowest BCUT2D eigenvalue weighted by Crippen LogP contribution is -2.35. The predicted octanol–water partition coefficient (Wildman–Crippen LogP) is 4.72. The highest BCUT2D eigenvalue weighted by atomic mass is 32.1. The summed E-state index contributed by atoms with van der Waals surface area (Å²) in [5.41, 5.74) is 1.89. The Bertz CT molecular complexity index is 1040. The third kappa shape index (κ3) is 6.39. The van der Waals surface area contributed by atoms with Gasteiger partial charge in [0.25, 0.3) is 0 Å². The van der Waals surface area contributed by atoms with Gasteiger partial charge in [0.05, 0.1) is 27.4 Å². The Labute approximate surface area is 211 Å². The van der Waals surface area contributed by atoms with E-state index in [1.165, 1.54) is 11.3 Å². The van der Waals surface area contributed by atoms with Gasteiger partial charge < -0.3 is 19.5 Å². The van der Waals surface area contributed by atoms with E-state index in [4.69, 9.17) is 14.2 Å². The molecule has 0 spiro atoms. The third-order valence-corrected chi connectivity index (χ3v) is 7.49. The smallest absolute Gasteiger partial charge is 0.226 e. The highest BCUT2D eigenvalue weighted by molar-refractivity contribution is 7.15. The lowest BCUT2D eigenvalue weighted by molar-refractivity contribution is -0.116. The van der Waals surface area contributed by atoms with E-state index in [0.29, 0.717) is 18.0 Å². The Kier molecular flexibility index (Phi) is 8.38. The molecular formula is C27H33N3O4S. The number of benzene rings is 2. The van der Waals surface area contributed by atoms with Gasteiger partial charge in [0.2, 0.25) is 5.91 Å². The van der Waals surface area contributed by atoms with E-state index in [1.807, 2.05) is 30.5 Å². The molecule has 2 heterocycles. The molecule has 1 amide bonds. The summed E-state index contributed by atoms with van der Waals surface area (Å²) < 4.78 is 16.1.